The van der Waals surface area contributed by atoms with Gasteiger partial charge in [0.15, 0.2) is 0 Å². The van der Waals surface area contributed by atoms with Crippen molar-refractivity contribution in [3.05, 3.63) is 71.5 Å². The Morgan fingerprint density at radius 2 is 2.11 bits per heavy atom. The summed E-state index contributed by atoms with van der Waals surface area (Å²) in [6.45, 7) is 4.57. The summed E-state index contributed by atoms with van der Waals surface area (Å²) in [7, 11) is 0. The molecular formula is C22H23N3O3. The van der Waals surface area contributed by atoms with Crippen LogP contribution in [0.1, 0.15) is 46.4 Å². The molecule has 6 heteroatoms. The maximum Gasteiger partial charge on any atom is 0.336 e. The lowest BCUT2D eigenvalue weighted by Crippen LogP contribution is -2.34. The average Bonchev–Trinajstić information content (AvgIpc) is 3.16. The molecule has 2 aromatic heterocycles. The van der Waals surface area contributed by atoms with Crippen LogP contribution < -0.4 is 0 Å². The summed E-state index contributed by atoms with van der Waals surface area (Å²) in [6, 6.07) is 12.7. The molecule has 28 heavy (non-hydrogen) atoms. The van der Waals surface area contributed by atoms with Crippen molar-refractivity contribution in [3.63, 3.8) is 0 Å². The van der Waals surface area contributed by atoms with E-state index in [-0.39, 0.29) is 5.56 Å². The number of benzene rings is 1. The molecule has 1 atom stereocenters. The first kappa shape index (κ1) is 18.4. The number of aromatic nitrogens is 2. The van der Waals surface area contributed by atoms with Crippen LogP contribution in [0.15, 0.2) is 53.1 Å². The summed E-state index contributed by atoms with van der Waals surface area (Å²) in [5.74, 6) is 1.69. The van der Waals surface area contributed by atoms with E-state index < -0.39 is 5.97 Å². The normalized spacial score (nSPS) is 17.5. The van der Waals surface area contributed by atoms with Gasteiger partial charge in [0.05, 0.1) is 12.1 Å². The SMILES string of the molecule is Cc1nccc([C@H]2CCCN(Cc3ccc(-c4ccccc4C(=O)O)o3)C2)n1. The monoisotopic (exact) mass is 377 g/mol. The van der Waals surface area contributed by atoms with E-state index in [0.717, 1.165) is 43.2 Å². The largest absolute Gasteiger partial charge is 0.478 e. The van der Waals surface area contributed by atoms with E-state index in [1.165, 1.54) is 0 Å². The number of likely N-dealkylation sites (tertiary alicyclic amines) is 1. The molecular weight excluding hydrogens is 354 g/mol. The number of aryl methyl sites for hydroxylation is 1. The van der Waals surface area contributed by atoms with Crippen LogP contribution in [0.2, 0.25) is 0 Å². The number of hydrogen-bond donors (Lipinski definition) is 1. The zero-order valence-corrected chi connectivity index (χ0v) is 15.8. The molecule has 0 radical (unpaired) electrons. The van der Waals surface area contributed by atoms with Crippen molar-refractivity contribution < 1.29 is 14.3 Å². The summed E-state index contributed by atoms with van der Waals surface area (Å²) >= 11 is 0. The summed E-state index contributed by atoms with van der Waals surface area (Å²) in [6.07, 6.45) is 4.07. The third kappa shape index (κ3) is 3.97. The molecule has 4 rings (SSSR count). The first-order chi connectivity index (χ1) is 13.6. The van der Waals surface area contributed by atoms with E-state index in [4.69, 9.17) is 4.42 Å². The Bertz CT molecular complexity index is 982. The number of furan rings is 1. The summed E-state index contributed by atoms with van der Waals surface area (Å²) in [5.41, 5.74) is 1.96. The maximum absolute atomic E-state index is 11.5. The second kappa shape index (κ2) is 7.94. The number of aromatic carboxylic acids is 1. The molecule has 3 heterocycles. The number of rotatable bonds is 5. The van der Waals surface area contributed by atoms with Gasteiger partial charge in [-0.15, -0.1) is 0 Å². The first-order valence-electron chi connectivity index (χ1n) is 9.53. The maximum atomic E-state index is 11.5. The minimum Gasteiger partial charge on any atom is -0.478 e. The highest BCUT2D eigenvalue weighted by molar-refractivity contribution is 5.95. The minimum atomic E-state index is -0.951. The van der Waals surface area contributed by atoms with Crippen LogP contribution in [0, 0.1) is 6.92 Å². The fourth-order valence-electron chi connectivity index (χ4n) is 3.85. The van der Waals surface area contributed by atoms with Crippen molar-refractivity contribution in [3.8, 4) is 11.3 Å². The van der Waals surface area contributed by atoms with E-state index in [0.29, 0.717) is 23.8 Å². The number of carboxylic acid groups (broad SMARTS) is 1. The Hall–Kier alpha value is -2.99. The number of hydrogen-bond acceptors (Lipinski definition) is 5. The summed E-state index contributed by atoms with van der Waals surface area (Å²) in [4.78, 5) is 22.6. The lowest BCUT2D eigenvalue weighted by atomic mass is 9.94. The van der Waals surface area contributed by atoms with E-state index in [2.05, 4.69) is 14.9 Å². The van der Waals surface area contributed by atoms with Gasteiger partial charge < -0.3 is 9.52 Å². The van der Waals surface area contributed by atoms with Crippen molar-refractivity contribution in [1.82, 2.24) is 14.9 Å². The number of carbonyl (C=O) groups is 1. The molecule has 0 saturated carbocycles. The summed E-state index contributed by atoms with van der Waals surface area (Å²) < 4.78 is 5.99. The highest BCUT2D eigenvalue weighted by atomic mass is 16.4. The molecule has 1 fully saturated rings. The number of piperidine rings is 1. The third-order valence-corrected chi connectivity index (χ3v) is 5.19. The lowest BCUT2D eigenvalue weighted by Gasteiger charge is -2.31. The zero-order chi connectivity index (χ0) is 19.5. The van der Waals surface area contributed by atoms with Gasteiger partial charge in [-0.3, -0.25) is 4.90 Å². The first-order valence-corrected chi connectivity index (χ1v) is 9.53. The van der Waals surface area contributed by atoms with Gasteiger partial charge in [0.25, 0.3) is 0 Å². The van der Waals surface area contributed by atoms with E-state index >= 15 is 0 Å². The highest BCUT2D eigenvalue weighted by Gasteiger charge is 2.23. The van der Waals surface area contributed by atoms with Gasteiger partial charge in [-0.25, -0.2) is 14.8 Å². The Kier molecular flexibility index (Phi) is 5.21. The van der Waals surface area contributed by atoms with Crippen molar-refractivity contribution in [2.75, 3.05) is 13.1 Å². The van der Waals surface area contributed by atoms with Crippen LogP contribution in [-0.2, 0) is 6.54 Å². The van der Waals surface area contributed by atoms with Crippen molar-refractivity contribution in [2.45, 2.75) is 32.2 Å². The average molecular weight is 377 g/mol. The minimum absolute atomic E-state index is 0.251. The van der Waals surface area contributed by atoms with Crippen LogP contribution in [0.25, 0.3) is 11.3 Å². The lowest BCUT2D eigenvalue weighted by molar-refractivity contribution is 0.0697. The zero-order valence-electron chi connectivity index (χ0n) is 15.8. The topological polar surface area (TPSA) is 79.5 Å². The molecule has 0 unspecified atom stereocenters. The van der Waals surface area contributed by atoms with Gasteiger partial charge in [-0.1, -0.05) is 18.2 Å². The predicted octanol–water partition coefficient (Wildman–Crippen LogP) is 4.12. The second-order valence-corrected chi connectivity index (χ2v) is 7.22. The molecule has 0 aliphatic carbocycles. The summed E-state index contributed by atoms with van der Waals surface area (Å²) in [5, 5.41) is 9.39. The van der Waals surface area contributed by atoms with Crippen molar-refractivity contribution >= 4 is 5.97 Å². The Labute approximate surface area is 163 Å². The number of nitrogens with zero attached hydrogens (tertiary/aromatic N) is 3. The molecule has 1 aromatic carbocycles. The van der Waals surface area contributed by atoms with E-state index in [9.17, 15) is 9.90 Å². The van der Waals surface area contributed by atoms with Crippen LogP contribution in [-0.4, -0.2) is 39.0 Å². The van der Waals surface area contributed by atoms with Crippen LogP contribution in [0.3, 0.4) is 0 Å². The van der Waals surface area contributed by atoms with E-state index in [1.807, 2.05) is 37.4 Å². The Morgan fingerprint density at radius 3 is 2.93 bits per heavy atom. The molecule has 1 aliphatic heterocycles. The molecule has 3 aromatic rings. The van der Waals surface area contributed by atoms with Crippen LogP contribution >= 0.6 is 0 Å². The molecule has 1 aliphatic rings. The van der Waals surface area contributed by atoms with Crippen molar-refractivity contribution in [2.24, 2.45) is 0 Å². The predicted molar refractivity (Wildman–Crippen MR) is 105 cm³/mol. The van der Waals surface area contributed by atoms with Crippen molar-refractivity contribution in [1.29, 1.82) is 0 Å². The molecule has 1 N–H and O–H groups in total. The fraction of sp³-hybridized carbons (Fsp3) is 0.318. The van der Waals surface area contributed by atoms with Gasteiger partial charge in [-0.05, 0) is 50.6 Å². The van der Waals surface area contributed by atoms with Gasteiger partial charge in [0.1, 0.15) is 17.3 Å². The Morgan fingerprint density at radius 1 is 1.25 bits per heavy atom. The van der Waals surface area contributed by atoms with Gasteiger partial charge >= 0.3 is 5.97 Å². The van der Waals surface area contributed by atoms with Gasteiger partial charge in [0, 0.05) is 29.9 Å². The molecule has 144 valence electrons. The highest BCUT2D eigenvalue weighted by Crippen LogP contribution is 2.29. The van der Waals surface area contributed by atoms with Gasteiger partial charge in [0.2, 0.25) is 0 Å². The molecule has 1 saturated heterocycles. The molecule has 0 amide bonds. The standard InChI is InChI=1S/C22H23N3O3/c1-15-23-11-10-20(24-15)16-5-4-12-25(13-16)14-17-8-9-21(28-17)18-6-2-3-7-19(18)22(26)27/h2-3,6-11,16H,4-5,12-14H2,1H3,(H,26,27)/t16-/m0/s1. The van der Waals surface area contributed by atoms with Crippen LogP contribution in [0.5, 0.6) is 0 Å². The van der Waals surface area contributed by atoms with E-state index in [1.54, 1.807) is 18.2 Å². The molecule has 0 spiro atoms. The third-order valence-electron chi connectivity index (χ3n) is 5.19. The number of carboxylic acids is 1. The Balaban J connectivity index is 1.48. The quantitative estimate of drug-likeness (QED) is 0.720. The molecule has 6 nitrogen and oxygen atoms in total. The van der Waals surface area contributed by atoms with Gasteiger partial charge in [-0.2, -0.15) is 0 Å². The molecule has 0 bridgehead atoms. The second-order valence-electron chi connectivity index (χ2n) is 7.22. The fourth-order valence-corrected chi connectivity index (χ4v) is 3.85. The smallest absolute Gasteiger partial charge is 0.336 e. The van der Waals surface area contributed by atoms with Crippen LogP contribution in [0.4, 0.5) is 0 Å².